The number of nitrogens with zero attached hydrogens (tertiary/aromatic N) is 2. The van der Waals surface area contributed by atoms with E-state index in [1.165, 1.54) is 193 Å². The van der Waals surface area contributed by atoms with Gasteiger partial charge in [-0.2, -0.15) is 0 Å². The van der Waals surface area contributed by atoms with Crippen molar-refractivity contribution in [3.05, 3.63) is 0 Å². The van der Waals surface area contributed by atoms with E-state index in [1.807, 2.05) is 38.0 Å². The fourth-order valence-electron chi connectivity index (χ4n) is 9.13. The van der Waals surface area contributed by atoms with Gasteiger partial charge >= 0.3 is 11.9 Å². The van der Waals surface area contributed by atoms with E-state index < -0.39 is 6.29 Å². The molecular weight excluding hydrogens is 905 g/mol. The van der Waals surface area contributed by atoms with Crippen molar-refractivity contribution in [2.45, 2.75) is 284 Å². The summed E-state index contributed by atoms with van der Waals surface area (Å²) in [4.78, 5) is 27.4. The van der Waals surface area contributed by atoms with Crippen molar-refractivity contribution in [2.24, 2.45) is 11.8 Å². The number of unbranched alkanes of at least 4 members (excludes halogenated alkanes) is 20. The quantitative estimate of drug-likeness (QED) is 0.0447. The second-order valence-corrected chi connectivity index (χ2v) is 21.7. The van der Waals surface area contributed by atoms with Gasteiger partial charge < -0.3 is 43.7 Å². The molecular formula is C61H124N2O9. The van der Waals surface area contributed by atoms with Gasteiger partial charge in [-0.15, -0.1) is 0 Å². The highest BCUT2D eigenvalue weighted by Gasteiger charge is 2.29. The third kappa shape index (κ3) is 56.4. The van der Waals surface area contributed by atoms with Gasteiger partial charge in [0.25, 0.3) is 0 Å². The Morgan fingerprint density at radius 1 is 0.458 bits per heavy atom. The van der Waals surface area contributed by atoms with Crippen LogP contribution in [0, 0.1) is 11.8 Å². The molecule has 1 rings (SSSR count). The summed E-state index contributed by atoms with van der Waals surface area (Å²) in [7, 11) is 7.88. The fraction of sp³-hybridized carbons (Fsp3) is 0.967. The van der Waals surface area contributed by atoms with Crippen LogP contribution >= 0.6 is 0 Å². The van der Waals surface area contributed by atoms with Crippen molar-refractivity contribution in [3.63, 3.8) is 0 Å². The molecule has 0 aromatic carbocycles. The lowest BCUT2D eigenvalue weighted by molar-refractivity contribution is -0.180. The van der Waals surface area contributed by atoms with Crippen LogP contribution in [0.5, 0.6) is 0 Å². The number of hydrogen-bond acceptors (Lipinski definition) is 11. The van der Waals surface area contributed by atoms with Crippen molar-refractivity contribution in [2.75, 3.05) is 87.5 Å². The van der Waals surface area contributed by atoms with E-state index in [2.05, 4.69) is 27.7 Å². The minimum absolute atomic E-state index is 0.178. The van der Waals surface area contributed by atoms with Gasteiger partial charge in [0.2, 0.25) is 6.29 Å². The largest absolute Gasteiger partial charge is 0.463 e. The molecule has 0 aromatic heterocycles. The molecule has 0 unspecified atom stereocenters. The van der Waals surface area contributed by atoms with Gasteiger partial charge in [-0.05, 0) is 111 Å². The molecule has 432 valence electrons. The topological polar surface area (TPSA) is 127 Å². The zero-order valence-electron chi connectivity index (χ0n) is 49.2. The van der Waals surface area contributed by atoms with Gasteiger partial charge in [-0.1, -0.05) is 195 Å². The van der Waals surface area contributed by atoms with Gasteiger partial charge in [0.15, 0.2) is 0 Å². The smallest absolute Gasteiger partial charge is 0.308 e. The first-order valence-electron chi connectivity index (χ1n) is 30.7. The normalized spacial score (nSPS) is 14.5. The van der Waals surface area contributed by atoms with Crippen LogP contribution in [0.25, 0.3) is 0 Å². The highest BCUT2D eigenvalue weighted by atomic mass is 16.7. The molecule has 2 atom stereocenters. The molecule has 72 heavy (non-hydrogen) atoms. The number of esters is 2. The third-order valence-electron chi connectivity index (χ3n) is 13.8. The maximum Gasteiger partial charge on any atom is 0.308 e. The van der Waals surface area contributed by atoms with Crippen LogP contribution in [0.15, 0.2) is 0 Å². The van der Waals surface area contributed by atoms with Gasteiger partial charge in [0.05, 0.1) is 6.10 Å². The summed E-state index contributed by atoms with van der Waals surface area (Å²) >= 11 is 0. The predicted molar refractivity (Wildman–Crippen MR) is 304 cm³/mol. The second kappa shape index (κ2) is 58.9. The first-order chi connectivity index (χ1) is 35.1. The molecule has 0 aliphatic carbocycles. The standard InChI is InChI=1S/2C22H46O2.C17H32N2O5/c2*1-3-5-12-16-22(17-13-6-4-2)18-21-24-20-15-11-9-7-8-10-14-19-23;1-18(2)11-5-7-15(20)22-13-14-9-10-17(23-14)24-16(21)8-6-12-19(3)4/h2*22-23H,3-21H2,1-2H3;14,17H,5-13H2,1-4H3/t;;14-,17-/m..0/s1. The van der Waals surface area contributed by atoms with Gasteiger partial charge in [-0.3, -0.25) is 9.59 Å². The monoisotopic (exact) mass is 1030 g/mol. The molecule has 1 heterocycles. The Kier molecular flexibility index (Phi) is 59.5. The minimum Gasteiger partial charge on any atom is -0.463 e. The summed E-state index contributed by atoms with van der Waals surface area (Å²) in [6, 6.07) is 0. The Morgan fingerprint density at radius 3 is 1.21 bits per heavy atom. The Labute approximate surface area is 447 Å². The van der Waals surface area contributed by atoms with Crippen molar-refractivity contribution in [1.82, 2.24) is 9.80 Å². The lowest BCUT2D eigenvalue weighted by Crippen LogP contribution is -2.23. The van der Waals surface area contributed by atoms with E-state index in [-0.39, 0.29) is 24.6 Å². The molecule has 0 spiro atoms. The van der Waals surface area contributed by atoms with E-state index in [0.717, 1.165) is 83.5 Å². The predicted octanol–water partition coefficient (Wildman–Crippen LogP) is 15.0. The lowest BCUT2D eigenvalue weighted by atomic mass is 9.92. The summed E-state index contributed by atoms with van der Waals surface area (Å²) in [6.45, 7) is 15.7. The average Bonchev–Trinajstić information content (AvgIpc) is 3.81. The van der Waals surface area contributed by atoms with Crippen molar-refractivity contribution in [3.8, 4) is 0 Å². The molecule has 0 bridgehead atoms. The van der Waals surface area contributed by atoms with E-state index >= 15 is 0 Å². The van der Waals surface area contributed by atoms with E-state index in [4.69, 9.17) is 33.9 Å². The molecule has 11 nitrogen and oxygen atoms in total. The molecule has 2 N–H and O–H groups in total. The molecule has 1 fully saturated rings. The molecule has 1 saturated heterocycles. The number of hydrogen-bond donors (Lipinski definition) is 2. The number of carbonyl (C=O) groups excluding carboxylic acids is 2. The molecule has 0 amide bonds. The Hall–Kier alpha value is -1.34. The van der Waals surface area contributed by atoms with Crippen LogP contribution in [-0.4, -0.2) is 132 Å². The van der Waals surface area contributed by atoms with Crippen LogP contribution in [0.4, 0.5) is 0 Å². The first-order valence-corrected chi connectivity index (χ1v) is 30.7. The fourth-order valence-corrected chi connectivity index (χ4v) is 9.13. The maximum absolute atomic E-state index is 11.7. The van der Waals surface area contributed by atoms with Crippen molar-refractivity contribution >= 4 is 11.9 Å². The summed E-state index contributed by atoms with van der Waals surface area (Å²) in [6.07, 6.45) is 45.0. The van der Waals surface area contributed by atoms with Gasteiger partial charge in [-0.25, -0.2) is 0 Å². The first kappa shape index (κ1) is 72.7. The minimum atomic E-state index is -0.505. The van der Waals surface area contributed by atoms with Gasteiger partial charge in [0.1, 0.15) is 6.61 Å². The highest BCUT2D eigenvalue weighted by Crippen LogP contribution is 2.24. The molecule has 1 aliphatic rings. The number of aliphatic hydroxyl groups is 2. The zero-order valence-corrected chi connectivity index (χ0v) is 49.2. The van der Waals surface area contributed by atoms with Crippen LogP contribution in [-0.2, 0) is 33.3 Å². The number of ether oxygens (including phenoxy) is 5. The number of rotatable bonds is 51. The summed E-state index contributed by atoms with van der Waals surface area (Å²) in [5, 5.41) is 17.5. The molecule has 0 saturated carbocycles. The summed E-state index contributed by atoms with van der Waals surface area (Å²) in [5.41, 5.74) is 0. The third-order valence-corrected chi connectivity index (χ3v) is 13.8. The van der Waals surface area contributed by atoms with Crippen molar-refractivity contribution in [1.29, 1.82) is 0 Å². The molecule has 1 aliphatic heterocycles. The Morgan fingerprint density at radius 2 is 0.833 bits per heavy atom. The Bertz CT molecular complexity index is 1020. The van der Waals surface area contributed by atoms with E-state index in [9.17, 15) is 9.59 Å². The van der Waals surface area contributed by atoms with Crippen LogP contribution in [0.2, 0.25) is 0 Å². The van der Waals surface area contributed by atoms with Crippen molar-refractivity contribution < 1.29 is 43.5 Å². The number of aliphatic hydroxyl groups excluding tert-OH is 2. The summed E-state index contributed by atoms with van der Waals surface area (Å²) < 4.78 is 27.9. The zero-order chi connectivity index (χ0) is 53.4. The number of carbonyl (C=O) groups is 2. The SMILES string of the molecule is CCCCCC(CCCCC)CCOCCCCCCCCCO.CCCCCC(CCCCC)CCOCCCCCCCCCO.CN(C)CCCC(=O)OC[C@@H]1CC[C@H](OC(=O)CCCN(C)C)O1. The van der Waals surface area contributed by atoms with Crippen LogP contribution in [0.3, 0.4) is 0 Å². The van der Waals surface area contributed by atoms with E-state index in [0.29, 0.717) is 32.5 Å². The second-order valence-electron chi connectivity index (χ2n) is 21.7. The average molecular weight is 1030 g/mol. The van der Waals surface area contributed by atoms with Crippen LogP contribution in [0.1, 0.15) is 272 Å². The molecule has 0 aromatic rings. The van der Waals surface area contributed by atoms with Crippen LogP contribution < -0.4 is 0 Å². The summed E-state index contributed by atoms with van der Waals surface area (Å²) in [5.74, 6) is 1.36. The molecule has 11 heteroatoms. The highest BCUT2D eigenvalue weighted by molar-refractivity contribution is 5.69. The maximum atomic E-state index is 11.7. The van der Waals surface area contributed by atoms with Gasteiger partial charge in [0, 0.05) is 58.9 Å². The lowest BCUT2D eigenvalue weighted by Gasteiger charge is -2.17. The Balaban J connectivity index is 0. The molecule has 0 radical (unpaired) electrons. The van der Waals surface area contributed by atoms with E-state index in [1.54, 1.807) is 0 Å².